The van der Waals surface area contributed by atoms with E-state index in [-0.39, 0.29) is 6.61 Å². The zero-order valence-electron chi connectivity index (χ0n) is 17.9. The lowest BCUT2D eigenvalue weighted by atomic mass is 10.0. The van der Waals surface area contributed by atoms with Gasteiger partial charge in [0.25, 0.3) is 0 Å². The van der Waals surface area contributed by atoms with Gasteiger partial charge in [-0.25, -0.2) is 13.6 Å². The van der Waals surface area contributed by atoms with Crippen LogP contribution in [0.5, 0.6) is 0 Å². The number of aliphatic hydroxyl groups excluding tert-OH is 1. The Bertz CT molecular complexity index is 882. The first-order valence-electron chi connectivity index (χ1n) is 9.83. The van der Waals surface area contributed by atoms with Crippen LogP contribution in [0.15, 0.2) is 10.7 Å². The minimum absolute atomic E-state index is 0.0571. The zero-order valence-corrected chi connectivity index (χ0v) is 17.9. The van der Waals surface area contributed by atoms with Gasteiger partial charge in [-0.15, -0.1) is 0 Å². The van der Waals surface area contributed by atoms with Crippen molar-refractivity contribution in [3.63, 3.8) is 0 Å². The van der Waals surface area contributed by atoms with Crippen LogP contribution in [0.3, 0.4) is 0 Å². The second kappa shape index (κ2) is 11.9. The number of nitrogens with zero attached hydrogens (tertiary/aromatic N) is 3. The molecular weight excluding hydrogens is 419 g/mol. The molecule has 1 rings (SSSR count). The third-order valence-corrected chi connectivity index (χ3v) is 4.16. The number of nitro groups is 1. The van der Waals surface area contributed by atoms with Gasteiger partial charge >= 0.3 is 11.7 Å². The largest absolute Gasteiger partial charge is 0.506 e. The van der Waals surface area contributed by atoms with E-state index in [1.807, 2.05) is 13.8 Å². The molecule has 8 nitrogen and oxygen atoms in total. The Morgan fingerprint density at radius 2 is 1.71 bits per heavy atom. The SMILES string of the molecule is CCCOC(=O)C(C=NN(CCC)CCC)=C(O)c1c(F)c(C)c(F)c(F)c1[N+](=O)[O-]. The summed E-state index contributed by atoms with van der Waals surface area (Å²) in [5.74, 6) is -7.71. The summed E-state index contributed by atoms with van der Waals surface area (Å²) < 4.78 is 47.7. The summed E-state index contributed by atoms with van der Waals surface area (Å²) in [7, 11) is 0. The lowest BCUT2D eigenvalue weighted by molar-refractivity contribution is -0.388. The first-order chi connectivity index (χ1) is 14.6. The van der Waals surface area contributed by atoms with Crippen molar-refractivity contribution in [3.05, 3.63) is 44.3 Å². The summed E-state index contributed by atoms with van der Waals surface area (Å²) in [5.41, 5.74) is -4.50. The van der Waals surface area contributed by atoms with Crippen LogP contribution in [-0.2, 0) is 9.53 Å². The van der Waals surface area contributed by atoms with Crippen molar-refractivity contribution < 1.29 is 32.7 Å². The molecule has 0 saturated carbocycles. The standard InChI is InChI=1S/C20H26F3N3O5/c1-5-8-25(9-6-2)24-11-13(20(28)31-10-7-3)19(27)14-15(21)12(4)16(22)17(23)18(14)26(29)30/h11,27H,5-10H2,1-4H3. The van der Waals surface area contributed by atoms with Crippen molar-refractivity contribution in [2.75, 3.05) is 19.7 Å². The Labute approximate surface area is 178 Å². The van der Waals surface area contributed by atoms with E-state index in [0.717, 1.165) is 13.1 Å². The summed E-state index contributed by atoms with van der Waals surface area (Å²) >= 11 is 0. The number of carbonyl (C=O) groups is 1. The van der Waals surface area contributed by atoms with Gasteiger partial charge in [-0.3, -0.25) is 15.1 Å². The van der Waals surface area contributed by atoms with Crippen LogP contribution in [0, 0.1) is 34.5 Å². The van der Waals surface area contributed by atoms with Gasteiger partial charge in [0.1, 0.15) is 22.7 Å². The molecule has 0 heterocycles. The van der Waals surface area contributed by atoms with Gasteiger partial charge in [0.15, 0.2) is 5.82 Å². The molecule has 172 valence electrons. The number of carbonyl (C=O) groups excluding carboxylic acids is 1. The van der Waals surface area contributed by atoms with Crippen LogP contribution in [0.25, 0.3) is 5.76 Å². The first kappa shape index (κ1) is 25.9. The van der Waals surface area contributed by atoms with E-state index in [0.29, 0.717) is 32.4 Å². The summed E-state index contributed by atoms with van der Waals surface area (Å²) in [5, 5.41) is 27.6. The number of aliphatic hydroxyl groups is 1. The van der Waals surface area contributed by atoms with E-state index in [2.05, 4.69) is 5.10 Å². The number of halogens is 3. The molecule has 0 fully saturated rings. The molecule has 31 heavy (non-hydrogen) atoms. The molecule has 0 atom stereocenters. The number of hydrogen-bond acceptors (Lipinski definition) is 7. The third kappa shape index (κ3) is 6.19. The van der Waals surface area contributed by atoms with Crippen LogP contribution in [0.2, 0.25) is 0 Å². The van der Waals surface area contributed by atoms with E-state index >= 15 is 0 Å². The van der Waals surface area contributed by atoms with Crippen molar-refractivity contribution in [1.82, 2.24) is 5.01 Å². The normalized spacial score (nSPS) is 12.1. The molecule has 0 amide bonds. The monoisotopic (exact) mass is 445 g/mol. The maximum atomic E-state index is 14.7. The number of hydrazone groups is 1. The molecule has 0 aliphatic carbocycles. The van der Waals surface area contributed by atoms with E-state index in [4.69, 9.17) is 4.74 Å². The second-order valence-electron chi connectivity index (χ2n) is 6.64. The zero-order chi connectivity index (χ0) is 23.7. The predicted octanol–water partition coefficient (Wildman–Crippen LogP) is 4.65. The molecule has 11 heteroatoms. The second-order valence-corrected chi connectivity index (χ2v) is 6.64. The summed E-state index contributed by atoms with van der Waals surface area (Å²) in [6.45, 7) is 7.29. The Hall–Kier alpha value is -3.11. The molecule has 1 N–H and O–H groups in total. The minimum Gasteiger partial charge on any atom is -0.506 e. The molecular formula is C20H26F3N3O5. The van der Waals surface area contributed by atoms with Crippen LogP contribution in [0.1, 0.15) is 51.2 Å². The summed E-state index contributed by atoms with van der Waals surface area (Å²) in [4.78, 5) is 22.4. The fourth-order valence-electron chi connectivity index (χ4n) is 2.65. The third-order valence-electron chi connectivity index (χ3n) is 4.16. The average molecular weight is 445 g/mol. The molecule has 1 aromatic rings. The molecule has 0 aromatic heterocycles. The van der Waals surface area contributed by atoms with Gasteiger partial charge < -0.3 is 9.84 Å². The van der Waals surface area contributed by atoms with Crippen molar-refractivity contribution in [3.8, 4) is 0 Å². The molecule has 0 aliphatic heterocycles. The highest BCUT2D eigenvalue weighted by molar-refractivity contribution is 6.15. The molecule has 0 saturated heterocycles. The lowest BCUT2D eigenvalue weighted by Gasteiger charge is -2.17. The van der Waals surface area contributed by atoms with Gasteiger partial charge in [-0.2, -0.15) is 9.49 Å². The maximum Gasteiger partial charge on any atom is 0.343 e. The van der Waals surface area contributed by atoms with Gasteiger partial charge in [-0.05, 0) is 26.2 Å². The van der Waals surface area contributed by atoms with Gasteiger partial charge in [-0.1, -0.05) is 20.8 Å². The highest BCUT2D eigenvalue weighted by Crippen LogP contribution is 2.35. The smallest absolute Gasteiger partial charge is 0.343 e. The highest BCUT2D eigenvalue weighted by atomic mass is 19.2. The molecule has 0 aliphatic rings. The number of ether oxygens (including phenoxy) is 1. The topological polar surface area (TPSA) is 105 Å². The average Bonchev–Trinajstić information content (AvgIpc) is 2.72. The van der Waals surface area contributed by atoms with Crippen molar-refractivity contribution in [1.29, 1.82) is 0 Å². The fraction of sp³-hybridized carbons (Fsp3) is 0.500. The van der Waals surface area contributed by atoms with Crippen molar-refractivity contribution >= 4 is 23.6 Å². The van der Waals surface area contributed by atoms with Crippen LogP contribution < -0.4 is 0 Å². The van der Waals surface area contributed by atoms with Crippen LogP contribution >= 0.6 is 0 Å². The summed E-state index contributed by atoms with van der Waals surface area (Å²) in [6, 6.07) is 0. The maximum absolute atomic E-state index is 14.7. The quantitative estimate of drug-likeness (QED) is 0.101. The minimum atomic E-state index is -1.96. The molecule has 1 aromatic carbocycles. The molecule has 0 radical (unpaired) electrons. The van der Waals surface area contributed by atoms with Gasteiger partial charge in [0.2, 0.25) is 5.82 Å². The number of nitro benzene ring substituents is 1. The molecule has 0 spiro atoms. The van der Waals surface area contributed by atoms with Crippen LogP contribution in [-0.4, -0.2) is 46.9 Å². The number of rotatable bonds is 11. The highest BCUT2D eigenvalue weighted by Gasteiger charge is 2.35. The Morgan fingerprint density at radius 3 is 2.19 bits per heavy atom. The Morgan fingerprint density at radius 1 is 1.13 bits per heavy atom. The van der Waals surface area contributed by atoms with Gasteiger partial charge in [0, 0.05) is 18.7 Å². The van der Waals surface area contributed by atoms with E-state index in [1.54, 1.807) is 11.9 Å². The number of benzene rings is 1. The van der Waals surface area contributed by atoms with E-state index < -0.39 is 56.5 Å². The van der Waals surface area contributed by atoms with E-state index in [9.17, 15) is 33.2 Å². The number of hydrogen-bond donors (Lipinski definition) is 1. The summed E-state index contributed by atoms with van der Waals surface area (Å²) in [6.07, 6.45) is 2.72. The Kier molecular flexibility index (Phi) is 9.97. The fourth-order valence-corrected chi connectivity index (χ4v) is 2.65. The van der Waals surface area contributed by atoms with E-state index in [1.165, 1.54) is 0 Å². The first-order valence-corrected chi connectivity index (χ1v) is 9.83. The Balaban J connectivity index is 3.78. The van der Waals surface area contributed by atoms with Crippen molar-refractivity contribution in [2.24, 2.45) is 5.10 Å². The van der Waals surface area contributed by atoms with Gasteiger partial charge in [0.05, 0.1) is 17.7 Å². The van der Waals surface area contributed by atoms with Crippen molar-refractivity contribution in [2.45, 2.75) is 47.0 Å². The lowest BCUT2D eigenvalue weighted by Crippen LogP contribution is -2.21. The predicted molar refractivity (Wildman–Crippen MR) is 109 cm³/mol. The number of esters is 1. The molecule has 0 unspecified atom stereocenters. The van der Waals surface area contributed by atoms with Crippen LogP contribution in [0.4, 0.5) is 18.9 Å². The molecule has 0 bridgehead atoms.